The summed E-state index contributed by atoms with van der Waals surface area (Å²) in [6, 6.07) is 23.0. The van der Waals surface area contributed by atoms with Gasteiger partial charge in [-0.2, -0.15) is 0 Å². The third-order valence-electron chi connectivity index (χ3n) is 6.91. The molecule has 0 amide bonds. The summed E-state index contributed by atoms with van der Waals surface area (Å²) in [7, 11) is 4.18. The number of benzene rings is 3. The molecule has 184 valence electrons. The van der Waals surface area contributed by atoms with Gasteiger partial charge in [-0.05, 0) is 61.0 Å². The SMILES string of the molecule is Cc1cc2c(CC(=O)O)cccc2n1C(=O)c1ccc(OCC2CN(C)c3ccccc3N2C)cc1. The van der Waals surface area contributed by atoms with Crippen LogP contribution in [0.25, 0.3) is 10.9 Å². The largest absolute Gasteiger partial charge is 0.491 e. The first kappa shape index (κ1) is 23.5. The van der Waals surface area contributed by atoms with Crippen LogP contribution in [0.4, 0.5) is 11.4 Å². The highest BCUT2D eigenvalue weighted by molar-refractivity contribution is 6.04. The number of nitrogens with zero attached hydrogens (tertiary/aromatic N) is 3. The van der Waals surface area contributed by atoms with Crippen molar-refractivity contribution < 1.29 is 19.4 Å². The van der Waals surface area contributed by atoms with Crippen molar-refractivity contribution in [1.82, 2.24) is 4.57 Å². The number of aryl methyl sites for hydroxylation is 1. The first-order chi connectivity index (χ1) is 17.3. The highest BCUT2D eigenvalue weighted by Crippen LogP contribution is 2.33. The second-order valence-electron chi connectivity index (χ2n) is 9.32. The van der Waals surface area contributed by atoms with Crippen LogP contribution in [0.2, 0.25) is 0 Å². The number of likely N-dealkylation sites (N-methyl/N-ethyl adjacent to an activating group) is 2. The number of rotatable bonds is 6. The van der Waals surface area contributed by atoms with Crippen LogP contribution in [-0.2, 0) is 11.2 Å². The number of fused-ring (bicyclic) bond motifs is 2. The van der Waals surface area contributed by atoms with Crippen molar-refractivity contribution in [3.8, 4) is 5.75 Å². The summed E-state index contributed by atoms with van der Waals surface area (Å²) in [5, 5.41) is 10.0. The van der Waals surface area contributed by atoms with Gasteiger partial charge in [-0.1, -0.05) is 24.3 Å². The Balaban J connectivity index is 1.31. The van der Waals surface area contributed by atoms with Crippen molar-refractivity contribution in [2.24, 2.45) is 0 Å². The van der Waals surface area contributed by atoms with E-state index in [0.717, 1.165) is 17.6 Å². The normalized spacial score (nSPS) is 15.1. The zero-order valence-corrected chi connectivity index (χ0v) is 20.6. The molecule has 36 heavy (non-hydrogen) atoms. The summed E-state index contributed by atoms with van der Waals surface area (Å²) in [6.07, 6.45) is -0.0847. The monoisotopic (exact) mass is 483 g/mol. The van der Waals surface area contributed by atoms with Crippen LogP contribution in [0.5, 0.6) is 5.75 Å². The molecular formula is C29H29N3O4. The Kier molecular flexibility index (Phi) is 6.14. The lowest BCUT2D eigenvalue weighted by Crippen LogP contribution is -2.49. The summed E-state index contributed by atoms with van der Waals surface area (Å²) < 4.78 is 7.75. The molecule has 0 aliphatic carbocycles. The van der Waals surface area contributed by atoms with Gasteiger partial charge in [0.1, 0.15) is 12.4 Å². The van der Waals surface area contributed by atoms with E-state index in [1.807, 2.05) is 37.3 Å². The lowest BCUT2D eigenvalue weighted by Gasteiger charge is -2.41. The minimum Gasteiger partial charge on any atom is -0.491 e. The summed E-state index contributed by atoms with van der Waals surface area (Å²) in [6.45, 7) is 3.24. The Morgan fingerprint density at radius 1 is 0.972 bits per heavy atom. The number of carboxylic acid groups (broad SMARTS) is 1. The molecule has 0 saturated heterocycles. The smallest absolute Gasteiger partial charge is 0.307 e. The number of carbonyl (C=O) groups excluding carboxylic acids is 1. The maximum absolute atomic E-state index is 13.4. The van der Waals surface area contributed by atoms with Gasteiger partial charge in [0.2, 0.25) is 0 Å². The molecule has 0 spiro atoms. The van der Waals surface area contributed by atoms with E-state index in [1.165, 1.54) is 11.4 Å². The van der Waals surface area contributed by atoms with E-state index in [-0.39, 0.29) is 18.4 Å². The van der Waals surface area contributed by atoms with Gasteiger partial charge in [0, 0.05) is 37.3 Å². The van der Waals surface area contributed by atoms with Crippen LogP contribution in [0.1, 0.15) is 21.6 Å². The topological polar surface area (TPSA) is 75.0 Å². The van der Waals surface area contributed by atoms with Gasteiger partial charge in [-0.15, -0.1) is 0 Å². The summed E-state index contributed by atoms with van der Waals surface area (Å²) in [5.41, 5.74) is 5.09. The molecule has 7 heteroatoms. The minimum absolute atomic E-state index is 0.0847. The molecule has 1 N–H and O–H groups in total. The van der Waals surface area contributed by atoms with E-state index < -0.39 is 5.97 Å². The molecule has 7 nitrogen and oxygen atoms in total. The van der Waals surface area contributed by atoms with E-state index in [9.17, 15) is 14.7 Å². The number of aliphatic carboxylic acids is 1. The van der Waals surface area contributed by atoms with Crippen molar-refractivity contribution in [3.05, 3.63) is 89.6 Å². The standard InChI is InChI=1S/C29H29N3O4/c1-19-15-24-21(16-28(33)34)7-6-10-25(24)32(19)29(35)20-11-13-23(14-12-20)36-18-22-17-30(2)26-8-4-5-9-27(26)31(22)3/h4-15,22H,16-18H2,1-3H3,(H,33,34). The molecule has 1 unspecified atom stereocenters. The third-order valence-corrected chi connectivity index (χ3v) is 6.91. The van der Waals surface area contributed by atoms with Crippen molar-refractivity contribution in [2.45, 2.75) is 19.4 Å². The van der Waals surface area contributed by atoms with Crippen LogP contribution in [0, 0.1) is 6.92 Å². The average molecular weight is 484 g/mol. The molecule has 1 atom stereocenters. The molecule has 0 radical (unpaired) electrons. The van der Waals surface area contributed by atoms with Gasteiger partial charge < -0.3 is 19.6 Å². The minimum atomic E-state index is -0.898. The lowest BCUT2D eigenvalue weighted by atomic mass is 10.1. The number of anilines is 2. The zero-order chi connectivity index (χ0) is 25.4. The van der Waals surface area contributed by atoms with Crippen LogP contribution in [-0.4, -0.2) is 54.8 Å². The Morgan fingerprint density at radius 2 is 1.69 bits per heavy atom. The summed E-state index contributed by atoms with van der Waals surface area (Å²) in [5.74, 6) is -0.351. The fourth-order valence-corrected chi connectivity index (χ4v) is 5.01. The van der Waals surface area contributed by atoms with Crippen molar-refractivity contribution >= 4 is 34.2 Å². The Morgan fingerprint density at radius 3 is 2.42 bits per heavy atom. The molecule has 1 aromatic heterocycles. The van der Waals surface area contributed by atoms with Gasteiger partial charge in [0.25, 0.3) is 5.91 Å². The second-order valence-corrected chi connectivity index (χ2v) is 9.32. The van der Waals surface area contributed by atoms with Crippen LogP contribution in [0.15, 0.2) is 72.8 Å². The van der Waals surface area contributed by atoms with Crippen molar-refractivity contribution in [1.29, 1.82) is 0 Å². The molecule has 3 aromatic carbocycles. The first-order valence-corrected chi connectivity index (χ1v) is 12.0. The molecule has 4 aromatic rings. The number of para-hydroxylation sites is 2. The van der Waals surface area contributed by atoms with Gasteiger partial charge in [0.05, 0.1) is 29.4 Å². The lowest BCUT2D eigenvalue weighted by molar-refractivity contribution is -0.136. The number of hydrogen-bond acceptors (Lipinski definition) is 5. The second kappa shape index (κ2) is 9.41. The number of carbonyl (C=O) groups is 2. The van der Waals surface area contributed by atoms with Crippen molar-refractivity contribution in [2.75, 3.05) is 37.0 Å². The fraction of sp³-hybridized carbons (Fsp3) is 0.241. The van der Waals surface area contributed by atoms with Gasteiger partial charge in [0.15, 0.2) is 0 Å². The molecule has 2 heterocycles. The number of hydrogen-bond donors (Lipinski definition) is 1. The summed E-state index contributed by atoms with van der Waals surface area (Å²) >= 11 is 0. The van der Waals surface area contributed by atoms with E-state index in [2.05, 4.69) is 42.1 Å². The van der Waals surface area contributed by atoms with Crippen LogP contribution < -0.4 is 14.5 Å². The maximum Gasteiger partial charge on any atom is 0.307 e. The molecule has 0 bridgehead atoms. The highest BCUT2D eigenvalue weighted by Gasteiger charge is 2.27. The molecule has 1 aliphatic heterocycles. The number of carboxylic acids is 1. The van der Waals surface area contributed by atoms with Gasteiger partial charge in [-0.25, -0.2) is 0 Å². The molecule has 0 fully saturated rings. The first-order valence-electron chi connectivity index (χ1n) is 12.0. The molecule has 5 rings (SSSR count). The van der Waals surface area contributed by atoms with E-state index in [4.69, 9.17) is 4.74 Å². The number of aromatic nitrogens is 1. The summed E-state index contributed by atoms with van der Waals surface area (Å²) in [4.78, 5) is 29.1. The maximum atomic E-state index is 13.4. The molecule has 1 aliphatic rings. The Hall–Kier alpha value is -4.26. The van der Waals surface area contributed by atoms with E-state index in [0.29, 0.717) is 29.0 Å². The predicted octanol–water partition coefficient (Wildman–Crippen LogP) is 4.60. The van der Waals surface area contributed by atoms with Crippen molar-refractivity contribution in [3.63, 3.8) is 0 Å². The molecule has 0 saturated carbocycles. The highest BCUT2D eigenvalue weighted by atomic mass is 16.5. The van der Waals surface area contributed by atoms with Gasteiger partial charge in [-0.3, -0.25) is 14.2 Å². The van der Waals surface area contributed by atoms with E-state index in [1.54, 1.807) is 28.8 Å². The Labute approximate surface area is 210 Å². The Bertz CT molecular complexity index is 1440. The number of ether oxygens (including phenoxy) is 1. The zero-order valence-electron chi connectivity index (χ0n) is 20.6. The average Bonchev–Trinajstić information content (AvgIpc) is 3.22. The fourth-order valence-electron chi connectivity index (χ4n) is 5.01. The van der Waals surface area contributed by atoms with Gasteiger partial charge >= 0.3 is 5.97 Å². The predicted molar refractivity (Wildman–Crippen MR) is 142 cm³/mol. The molecular weight excluding hydrogens is 454 g/mol. The van der Waals surface area contributed by atoms with Crippen LogP contribution >= 0.6 is 0 Å². The van der Waals surface area contributed by atoms with Crippen LogP contribution in [0.3, 0.4) is 0 Å². The van der Waals surface area contributed by atoms with E-state index >= 15 is 0 Å². The third kappa shape index (κ3) is 4.28. The quantitative estimate of drug-likeness (QED) is 0.432.